The summed E-state index contributed by atoms with van der Waals surface area (Å²) >= 11 is 12.1. The van der Waals surface area contributed by atoms with Gasteiger partial charge in [-0.3, -0.25) is 4.98 Å². The van der Waals surface area contributed by atoms with Crippen molar-refractivity contribution in [3.05, 3.63) is 102 Å². The van der Waals surface area contributed by atoms with Crippen molar-refractivity contribution < 1.29 is 9.84 Å². The fourth-order valence-corrected chi connectivity index (χ4v) is 4.79. The summed E-state index contributed by atoms with van der Waals surface area (Å²) in [4.78, 5) is 6.49. The van der Waals surface area contributed by atoms with Crippen LogP contribution in [0.4, 0.5) is 5.69 Å². The summed E-state index contributed by atoms with van der Waals surface area (Å²) in [5.74, 6) is 0.834. The first-order chi connectivity index (χ1) is 16.1. The smallest absolute Gasteiger partial charge is 0.174 e. The third-order valence-electron chi connectivity index (χ3n) is 5.72. The van der Waals surface area contributed by atoms with E-state index in [-0.39, 0.29) is 17.8 Å². The standard InChI is InChI=1S/C25H21ClN4O2S/c1-32-22-10-3-2-8-18(22)29-14-6-9-19(29)24-23(17-7-4-5-13-27-17)28-25(33)30(24)20-15-16(26)11-12-21(20)31/h2-15,23-24,31H,1H3,(H,28,33)/t23-,24-/m1/s1. The van der Waals surface area contributed by atoms with Gasteiger partial charge in [-0.15, -0.1) is 0 Å². The number of phenolic OH excluding ortho intramolecular Hbond substituents is 1. The van der Waals surface area contributed by atoms with Crippen molar-refractivity contribution in [2.45, 2.75) is 12.1 Å². The van der Waals surface area contributed by atoms with Crippen LogP contribution in [0.25, 0.3) is 5.69 Å². The highest BCUT2D eigenvalue weighted by Gasteiger charge is 2.43. The summed E-state index contributed by atoms with van der Waals surface area (Å²) in [5, 5.41) is 15.1. The number of halogens is 1. The SMILES string of the molecule is COc1ccccc1-n1cccc1[C@@H]1[C@@H](c2ccccn2)NC(=S)N1c1cc(Cl)ccc1O. The lowest BCUT2D eigenvalue weighted by Crippen LogP contribution is -2.30. The van der Waals surface area contributed by atoms with Crippen LogP contribution < -0.4 is 15.0 Å². The first kappa shape index (κ1) is 21.3. The van der Waals surface area contributed by atoms with E-state index >= 15 is 0 Å². The van der Waals surface area contributed by atoms with Crippen LogP contribution in [0.3, 0.4) is 0 Å². The number of phenols is 1. The number of aromatic nitrogens is 2. The molecule has 0 unspecified atom stereocenters. The quantitative estimate of drug-likeness (QED) is 0.375. The Bertz CT molecular complexity index is 1310. The van der Waals surface area contributed by atoms with E-state index < -0.39 is 0 Å². The fourth-order valence-electron chi connectivity index (χ4n) is 4.29. The van der Waals surface area contributed by atoms with Gasteiger partial charge in [-0.25, -0.2) is 0 Å². The molecule has 1 fully saturated rings. The zero-order chi connectivity index (χ0) is 22.9. The van der Waals surface area contributed by atoms with E-state index in [0.717, 1.165) is 22.8 Å². The van der Waals surface area contributed by atoms with Crippen LogP contribution in [0.15, 0.2) is 85.2 Å². The molecule has 0 spiro atoms. The molecule has 166 valence electrons. The summed E-state index contributed by atoms with van der Waals surface area (Å²) in [6.45, 7) is 0. The van der Waals surface area contributed by atoms with Gasteiger partial charge in [0.15, 0.2) is 5.11 Å². The van der Waals surface area contributed by atoms with E-state index in [4.69, 9.17) is 28.6 Å². The molecule has 2 atom stereocenters. The van der Waals surface area contributed by atoms with Gasteiger partial charge in [0, 0.05) is 23.1 Å². The van der Waals surface area contributed by atoms with Crippen molar-refractivity contribution in [1.82, 2.24) is 14.9 Å². The molecule has 1 aliphatic heterocycles. The first-order valence-electron chi connectivity index (χ1n) is 10.4. The Balaban J connectivity index is 1.71. The molecule has 33 heavy (non-hydrogen) atoms. The minimum atomic E-state index is -0.323. The van der Waals surface area contributed by atoms with Crippen LogP contribution >= 0.6 is 23.8 Å². The second kappa shape index (κ2) is 8.77. The Morgan fingerprint density at radius 1 is 1.03 bits per heavy atom. The number of aromatic hydroxyl groups is 1. The third-order valence-corrected chi connectivity index (χ3v) is 6.27. The number of benzene rings is 2. The molecule has 0 amide bonds. The zero-order valence-electron chi connectivity index (χ0n) is 17.7. The zero-order valence-corrected chi connectivity index (χ0v) is 19.3. The Kier molecular flexibility index (Phi) is 5.66. The van der Waals surface area contributed by atoms with Gasteiger partial charge in [0.05, 0.1) is 30.2 Å². The maximum atomic E-state index is 10.7. The Morgan fingerprint density at radius 2 is 1.85 bits per heavy atom. The maximum absolute atomic E-state index is 10.7. The minimum Gasteiger partial charge on any atom is -0.506 e. The van der Waals surface area contributed by atoms with Gasteiger partial charge in [0.25, 0.3) is 0 Å². The van der Waals surface area contributed by atoms with Crippen molar-refractivity contribution in [2.24, 2.45) is 0 Å². The number of pyridine rings is 1. The Labute approximate surface area is 202 Å². The van der Waals surface area contributed by atoms with Crippen LogP contribution in [0.5, 0.6) is 11.5 Å². The molecule has 2 N–H and O–H groups in total. The van der Waals surface area contributed by atoms with Crippen LogP contribution in [-0.4, -0.2) is 26.9 Å². The number of nitrogens with one attached hydrogen (secondary N) is 1. The van der Waals surface area contributed by atoms with Crippen molar-refractivity contribution in [3.63, 3.8) is 0 Å². The Morgan fingerprint density at radius 3 is 2.64 bits per heavy atom. The molecule has 6 nitrogen and oxygen atoms in total. The number of thiocarbonyl (C=S) groups is 1. The number of methoxy groups -OCH3 is 1. The molecule has 3 heterocycles. The number of hydrogen-bond acceptors (Lipinski definition) is 4. The van der Waals surface area contributed by atoms with Gasteiger partial charge in [0.1, 0.15) is 17.5 Å². The molecule has 8 heteroatoms. The highest BCUT2D eigenvalue weighted by atomic mass is 35.5. The van der Waals surface area contributed by atoms with Crippen LogP contribution in [0, 0.1) is 0 Å². The number of para-hydroxylation sites is 2. The molecular weight excluding hydrogens is 456 g/mol. The molecule has 5 rings (SSSR count). The lowest BCUT2D eigenvalue weighted by atomic mass is 10.0. The minimum absolute atomic E-state index is 0.0885. The van der Waals surface area contributed by atoms with E-state index in [9.17, 15) is 5.11 Å². The van der Waals surface area contributed by atoms with E-state index in [1.54, 1.807) is 31.5 Å². The molecule has 2 aromatic heterocycles. The molecule has 0 saturated carbocycles. The van der Waals surface area contributed by atoms with Gasteiger partial charge in [-0.2, -0.15) is 0 Å². The predicted molar refractivity (Wildman–Crippen MR) is 133 cm³/mol. The van der Waals surface area contributed by atoms with E-state index in [0.29, 0.717) is 15.8 Å². The van der Waals surface area contributed by atoms with Crippen LogP contribution in [0.1, 0.15) is 23.5 Å². The number of anilines is 1. The number of nitrogens with zero attached hydrogens (tertiary/aromatic N) is 3. The van der Waals surface area contributed by atoms with Gasteiger partial charge < -0.3 is 24.6 Å². The molecule has 1 saturated heterocycles. The summed E-state index contributed by atoms with van der Waals surface area (Å²) in [7, 11) is 1.65. The van der Waals surface area contributed by atoms with Crippen LogP contribution in [-0.2, 0) is 0 Å². The normalized spacial score (nSPS) is 17.8. The molecule has 0 bridgehead atoms. The lowest BCUT2D eigenvalue weighted by Gasteiger charge is -2.29. The fraction of sp³-hybridized carbons (Fsp3) is 0.120. The number of rotatable bonds is 5. The first-order valence-corrected chi connectivity index (χ1v) is 11.2. The third kappa shape index (κ3) is 3.79. The largest absolute Gasteiger partial charge is 0.506 e. The maximum Gasteiger partial charge on any atom is 0.174 e. The monoisotopic (exact) mass is 476 g/mol. The average Bonchev–Trinajstić information content (AvgIpc) is 3.45. The van der Waals surface area contributed by atoms with Gasteiger partial charge in [-0.05, 0) is 66.8 Å². The number of ether oxygens (including phenoxy) is 1. The molecule has 1 aliphatic rings. The van der Waals surface area contributed by atoms with Gasteiger partial charge >= 0.3 is 0 Å². The van der Waals surface area contributed by atoms with E-state index in [1.807, 2.05) is 65.7 Å². The average molecular weight is 477 g/mol. The number of hydrogen-bond donors (Lipinski definition) is 2. The van der Waals surface area contributed by atoms with Crippen LogP contribution in [0.2, 0.25) is 5.02 Å². The second-order valence-corrected chi connectivity index (χ2v) is 8.43. The van der Waals surface area contributed by atoms with E-state index in [1.165, 1.54) is 0 Å². The molecule has 0 aliphatic carbocycles. The second-order valence-electron chi connectivity index (χ2n) is 7.60. The summed E-state index contributed by atoms with van der Waals surface area (Å²) in [6, 6.07) is 22.0. The lowest BCUT2D eigenvalue weighted by molar-refractivity contribution is 0.412. The molecular formula is C25H21ClN4O2S. The van der Waals surface area contributed by atoms with Crippen molar-refractivity contribution in [2.75, 3.05) is 12.0 Å². The Hall–Kier alpha value is -3.55. The molecule has 2 aromatic carbocycles. The molecule has 0 radical (unpaired) electrons. The van der Waals surface area contributed by atoms with Crippen molar-refractivity contribution in [3.8, 4) is 17.2 Å². The molecule has 4 aromatic rings. The summed E-state index contributed by atoms with van der Waals surface area (Å²) in [6.07, 6.45) is 3.75. The summed E-state index contributed by atoms with van der Waals surface area (Å²) < 4.78 is 7.69. The summed E-state index contributed by atoms with van der Waals surface area (Å²) in [5.41, 5.74) is 3.20. The highest BCUT2D eigenvalue weighted by Crippen LogP contribution is 2.45. The van der Waals surface area contributed by atoms with E-state index in [2.05, 4.69) is 14.9 Å². The van der Waals surface area contributed by atoms with Gasteiger partial charge in [-0.1, -0.05) is 29.8 Å². The predicted octanol–water partition coefficient (Wildman–Crippen LogP) is 5.42. The topological polar surface area (TPSA) is 62.5 Å². The highest BCUT2D eigenvalue weighted by molar-refractivity contribution is 7.80. The van der Waals surface area contributed by atoms with Gasteiger partial charge in [0.2, 0.25) is 0 Å². The van der Waals surface area contributed by atoms with Crippen molar-refractivity contribution >= 4 is 34.6 Å². The van der Waals surface area contributed by atoms with Crippen molar-refractivity contribution in [1.29, 1.82) is 0 Å².